The zero-order valence-corrected chi connectivity index (χ0v) is 11.2. The third kappa shape index (κ3) is 2.43. The van der Waals surface area contributed by atoms with Crippen molar-refractivity contribution in [3.05, 3.63) is 47.1 Å². The number of hydrogen-bond donors (Lipinski definition) is 2. The molecule has 1 amide bonds. The molecule has 3 aromatic rings. The van der Waals surface area contributed by atoms with Gasteiger partial charge in [-0.15, -0.1) is 10.2 Å². The molecule has 0 radical (unpaired) electrons. The van der Waals surface area contributed by atoms with Gasteiger partial charge in [-0.3, -0.25) is 9.78 Å². The second-order valence-corrected chi connectivity index (χ2v) is 5.19. The summed E-state index contributed by atoms with van der Waals surface area (Å²) in [7, 11) is 0. The number of fused-ring (bicyclic) bond motifs is 1. The molecule has 0 aliphatic rings. The van der Waals surface area contributed by atoms with E-state index in [0.717, 1.165) is 5.39 Å². The molecule has 0 saturated heterocycles. The largest absolute Gasteiger partial charge is 0.374 e. The van der Waals surface area contributed by atoms with Crippen LogP contribution in [0.4, 0.5) is 5.13 Å². The van der Waals surface area contributed by atoms with E-state index in [1.165, 1.54) is 11.3 Å². The summed E-state index contributed by atoms with van der Waals surface area (Å²) in [5, 5.41) is 12.3. The zero-order valence-electron chi connectivity index (χ0n) is 10.4. The van der Waals surface area contributed by atoms with Crippen molar-refractivity contribution in [1.29, 1.82) is 0 Å². The van der Waals surface area contributed by atoms with Crippen molar-refractivity contribution in [1.82, 2.24) is 20.5 Å². The molecule has 6 nitrogen and oxygen atoms in total. The minimum absolute atomic E-state index is 0.192. The molecule has 3 N–H and O–H groups in total. The van der Waals surface area contributed by atoms with Gasteiger partial charge in [-0.2, -0.15) is 0 Å². The van der Waals surface area contributed by atoms with Gasteiger partial charge >= 0.3 is 0 Å². The number of pyridine rings is 1. The highest BCUT2D eigenvalue weighted by atomic mass is 32.1. The number of nitrogens with zero attached hydrogens (tertiary/aromatic N) is 3. The number of nitrogens with two attached hydrogens (primary N) is 1. The molecule has 0 saturated carbocycles. The first-order valence-corrected chi connectivity index (χ1v) is 6.75. The molecule has 7 heteroatoms. The molecule has 0 aliphatic carbocycles. The van der Waals surface area contributed by atoms with Gasteiger partial charge in [-0.1, -0.05) is 29.5 Å². The van der Waals surface area contributed by atoms with Crippen molar-refractivity contribution in [2.45, 2.75) is 6.54 Å². The first-order valence-electron chi connectivity index (χ1n) is 5.94. The Bertz CT molecular complexity index is 765. The molecule has 20 heavy (non-hydrogen) atoms. The lowest BCUT2D eigenvalue weighted by Gasteiger charge is -2.05. The van der Waals surface area contributed by atoms with E-state index in [0.29, 0.717) is 27.8 Å². The van der Waals surface area contributed by atoms with Crippen molar-refractivity contribution in [2.24, 2.45) is 0 Å². The third-order valence-electron chi connectivity index (χ3n) is 2.76. The van der Waals surface area contributed by atoms with Crippen LogP contribution >= 0.6 is 11.3 Å². The predicted molar refractivity (Wildman–Crippen MR) is 77.2 cm³/mol. The highest BCUT2D eigenvalue weighted by Gasteiger charge is 2.11. The summed E-state index contributed by atoms with van der Waals surface area (Å²) in [5.74, 6) is -0.192. The lowest BCUT2D eigenvalue weighted by Crippen LogP contribution is -2.23. The molecule has 0 aliphatic heterocycles. The van der Waals surface area contributed by atoms with E-state index >= 15 is 0 Å². The van der Waals surface area contributed by atoms with Crippen molar-refractivity contribution < 1.29 is 4.79 Å². The van der Waals surface area contributed by atoms with Crippen molar-refractivity contribution in [3.8, 4) is 0 Å². The molecule has 0 unspecified atom stereocenters. The molecule has 0 atom stereocenters. The fourth-order valence-corrected chi connectivity index (χ4v) is 2.43. The Morgan fingerprint density at radius 3 is 2.90 bits per heavy atom. The Balaban J connectivity index is 1.82. The molecule has 2 aromatic heterocycles. The first-order chi connectivity index (χ1) is 9.74. The van der Waals surface area contributed by atoms with Gasteiger partial charge in [0.1, 0.15) is 5.01 Å². The molecule has 1 aromatic carbocycles. The van der Waals surface area contributed by atoms with Crippen LogP contribution in [0.2, 0.25) is 0 Å². The van der Waals surface area contributed by atoms with Gasteiger partial charge in [0, 0.05) is 11.6 Å². The highest BCUT2D eigenvalue weighted by Crippen LogP contribution is 2.16. The van der Waals surface area contributed by atoms with Crippen LogP contribution in [0.5, 0.6) is 0 Å². The van der Waals surface area contributed by atoms with Crippen molar-refractivity contribution in [3.63, 3.8) is 0 Å². The molecule has 0 bridgehead atoms. The minimum Gasteiger partial charge on any atom is -0.374 e. The van der Waals surface area contributed by atoms with Gasteiger partial charge in [-0.05, 0) is 12.1 Å². The van der Waals surface area contributed by atoms with Gasteiger partial charge in [-0.25, -0.2) is 0 Å². The van der Waals surface area contributed by atoms with Crippen LogP contribution in [0, 0.1) is 0 Å². The van der Waals surface area contributed by atoms with Crippen LogP contribution < -0.4 is 11.1 Å². The molecule has 100 valence electrons. The van der Waals surface area contributed by atoms with Crippen LogP contribution in [0.25, 0.3) is 10.9 Å². The maximum absolute atomic E-state index is 12.2. The molecular weight excluding hydrogens is 274 g/mol. The highest BCUT2D eigenvalue weighted by molar-refractivity contribution is 7.15. The fourth-order valence-electron chi connectivity index (χ4n) is 1.88. The van der Waals surface area contributed by atoms with Gasteiger partial charge in [0.2, 0.25) is 5.13 Å². The summed E-state index contributed by atoms with van der Waals surface area (Å²) in [4.78, 5) is 16.5. The normalized spacial score (nSPS) is 10.6. The summed E-state index contributed by atoms with van der Waals surface area (Å²) in [6.07, 6.45) is 1.67. The summed E-state index contributed by atoms with van der Waals surface area (Å²) >= 11 is 1.25. The van der Waals surface area contributed by atoms with Gasteiger partial charge in [0.15, 0.2) is 0 Å². The Morgan fingerprint density at radius 1 is 1.25 bits per heavy atom. The van der Waals surface area contributed by atoms with E-state index in [2.05, 4.69) is 20.5 Å². The summed E-state index contributed by atoms with van der Waals surface area (Å²) in [6.45, 7) is 0.303. The number of carbonyl (C=O) groups excluding carboxylic acids is 1. The van der Waals surface area contributed by atoms with Crippen LogP contribution in [0.1, 0.15) is 15.4 Å². The lowest BCUT2D eigenvalue weighted by atomic mass is 10.1. The fraction of sp³-hybridized carbons (Fsp3) is 0.0769. The number of para-hydroxylation sites is 1. The second-order valence-electron chi connectivity index (χ2n) is 4.10. The molecular formula is C13H11N5OS. The quantitative estimate of drug-likeness (QED) is 0.762. The molecule has 2 heterocycles. The first kappa shape index (κ1) is 12.5. The Morgan fingerprint density at radius 2 is 2.10 bits per heavy atom. The lowest BCUT2D eigenvalue weighted by molar-refractivity contribution is 0.0952. The Kier molecular flexibility index (Phi) is 3.26. The topological polar surface area (TPSA) is 93.8 Å². The van der Waals surface area contributed by atoms with E-state index < -0.39 is 0 Å². The summed E-state index contributed by atoms with van der Waals surface area (Å²) in [6, 6.07) is 9.27. The summed E-state index contributed by atoms with van der Waals surface area (Å²) in [5.41, 5.74) is 6.72. The zero-order chi connectivity index (χ0) is 13.9. The molecule has 0 spiro atoms. The standard InChI is InChI=1S/C13H11N5OS/c14-13-18-17-10(20-13)7-16-12(19)9-5-1-3-8-4-2-6-15-11(8)9/h1-6H,7H2,(H2,14,18)(H,16,19). The van der Waals surface area contributed by atoms with E-state index in [4.69, 9.17) is 5.73 Å². The van der Waals surface area contributed by atoms with E-state index in [-0.39, 0.29) is 5.91 Å². The monoisotopic (exact) mass is 285 g/mol. The number of benzene rings is 1. The maximum atomic E-state index is 12.2. The number of nitrogen functional groups attached to an aromatic ring is 1. The Hall–Kier alpha value is -2.54. The number of nitrogens with one attached hydrogen (secondary N) is 1. The molecule has 3 rings (SSSR count). The number of aromatic nitrogens is 3. The van der Waals surface area contributed by atoms with Gasteiger partial charge < -0.3 is 11.1 Å². The minimum atomic E-state index is -0.192. The van der Waals surface area contributed by atoms with Gasteiger partial charge in [0.25, 0.3) is 5.91 Å². The van der Waals surface area contributed by atoms with Crippen LogP contribution in [-0.2, 0) is 6.54 Å². The van der Waals surface area contributed by atoms with Crippen LogP contribution in [0.3, 0.4) is 0 Å². The average Bonchev–Trinajstić information content (AvgIpc) is 2.90. The third-order valence-corrected chi connectivity index (χ3v) is 3.51. The molecule has 0 fully saturated rings. The van der Waals surface area contributed by atoms with E-state index in [9.17, 15) is 4.79 Å². The SMILES string of the molecule is Nc1nnc(CNC(=O)c2cccc3cccnc23)s1. The van der Waals surface area contributed by atoms with Crippen molar-refractivity contribution >= 4 is 33.3 Å². The second kappa shape index (κ2) is 5.22. The number of rotatable bonds is 3. The number of anilines is 1. The van der Waals surface area contributed by atoms with Crippen LogP contribution in [0.15, 0.2) is 36.5 Å². The smallest absolute Gasteiger partial charge is 0.253 e. The number of amides is 1. The van der Waals surface area contributed by atoms with Gasteiger partial charge in [0.05, 0.1) is 17.6 Å². The van der Waals surface area contributed by atoms with Crippen LogP contribution in [-0.4, -0.2) is 21.1 Å². The van der Waals surface area contributed by atoms with E-state index in [1.54, 1.807) is 12.3 Å². The van der Waals surface area contributed by atoms with Crippen molar-refractivity contribution in [2.75, 3.05) is 5.73 Å². The predicted octanol–water partition coefficient (Wildman–Crippen LogP) is 1.60. The Labute approximate surface area is 118 Å². The average molecular weight is 285 g/mol. The number of hydrogen-bond acceptors (Lipinski definition) is 6. The van der Waals surface area contributed by atoms with E-state index in [1.807, 2.05) is 24.3 Å². The maximum Gasteiger partial charge on any atom is 0.253 e. The summed E-state index contributed by atoms with van der Waals surface area (Å²) < 4.78 is 0. The number of carbonyl (C=O) groups is 1.